The van der Waals surface area contributed by atoms with Crippen molar-refractivity contribution in [2.75, 3.05) is 13.2 Å². The van der Waals surface area contributed by atoms with Crippen molar-refractivity contribution in [3.8, 4) is 0 Å². The Morgan fingerprint density at radius 1 is 1.04 bits per heavy atom. The molecule has 2 rings (SSSR count). The summed E-state index contributed by atoms with van der Waals surface area (Å²) in [5.41, 5.74) is -0.466. The predicted molar refractivity (Wildman–Crippen MR) is 94.1 cm³/mol. The van der Waals surface area contributed by atoms with Gasteiger partial charge >= 0.3 is 0 Å². The monoisotopic (exact) mass is 326 g/mol. The van der Waals surface area contributed by atoms with E-state index in [0.717, 1.165) is 44.9 Å². The van der Waals surface area contributed by atoms with Gasteiger partial charge < -0.3 is 15.3 Å². The molecule has 2 aliphatic rings. The van der Waals surface area contributed by atoms with Crippen molar-refractivity contribution in [3.05, 3.63) is 0 Å². The molecule has 0 radical (unpaired) electrons. The Morgan fingerprint density at radius 2 is 1.74 bits per heavy atom. The molecule has 23 heavy (non-hydrogen) atoms. The van der Waals surface area contributed by atoms with Crippen LogP contribution in [0.4, 0.5) is 0 Å². The van der Waals surface area contributed by atoms with E-state index in [1.54, 1.807) is 0 Å². The average molecular weight is 327 g/mol. The van der Waals surface area contributed by atoms with E-state index in [0.29, 0.717) is 17.8 Å². The van der Waals surface area contributed by atoms with Gasteiger partial charge in [0.1, 0.15) is 0 Å². The van der Waals surface area contributed by atoms with E-state index in [4.69, 9.17) is 5.11 Å². The van der Waals surface area contributed by atoms with Gasteiger partial charge in [-0.3, -0.25) is 0 Å². The van der Waals surface area contributed by atoms with Crippen LogP contribution >= 0.6 is 0 Å². The van der Waals surface area contributed by atoms with E-state index in [1.807, 2.05) is 6.92 Å². The minimum Gasteiger partial charge on any atom is -0.396 e. The summed E-state index contributed by atoms with van der Waals surface area (Å²) in [5.74, 6) is 1.31. The maximum Gasteiger partial charge on any atom is 0.0653 e. The molecule has 3 heteroatoms. The van der Waals surface area contributed by atoms with Gasteiger partial charge in [0.25, 0.3) is 0 Å². The van der Waals surface area contributed by atoms with Crippen LogP contribution in [-0.4, -0.2) is 34.1 Å². The molecule has 0 spiro atoms. The zero-order valence-electron chi connectivity index (χ0n) is 15.6. The highest BCUT2D eigenvalue weighted by Gasteiger charge is 2.58. The highest BCUT2D eigenvalue weighted by Crippen LogP contribution is 2.63. The highest BCUT2D eigenvalue weighted by atomic mass is 16.3. The summed E-state index contributed by atoms with van der Waals surface area (Å²) >= 11 is 0. The van der Waals surface area contributed by atoms with E-state index in [2.05, 4.69) is 20.8 Å². The Bertz CT molecular complexity index is 394. The maximum absolute atomic E-state index is 11.1. The summed E-state index contributed by atoms with van der Waals surface area (Å²) in [6.07, 6.45) is 8.27. The molecule has 0 saturated heterocycles. The molecule has 3 N–H and O–H groups in total. The molecule has 6 unspecified atom stereocenters. The Hall–Kier alpha value is -0.120. The topological polar surface area (TPSA) is 60.7 Å². The number of aliphatic hydroxyl groups is 3. The zero-order valence-corrected chi connectivity index (χ0v) is 15.6. The Kier molecular flexibility index (Phi) is 5.86. The molecule has 0 aromatic carbocycles. The first kappa shape index (κ1) is 19.2. The first-order valence-electron chi connectivity index (χ1n) is 9.64. The van der Waals surface area contributed by atoms with Crippen molar-refractivity contribution in [2.24, 2.45) is 28.6 Å². The third-order valence-electron chi connectivity index (χ3n) is 7.52. The van der Waals surface area contributed by atoms with Crippen LogP contribution in [0.25, 0.3) is 0 Å². The van der Waals surface area contributed by atoms with Gasteiger partial charge in [-0.15, -0.1) is 0 Å². The average Bonchev–Trinajstić information content (AvgIpc) is 2.46. The van der Waals surface area contributed by atoms with Gasteiger partial charge in [0, 0.05) is 13.2 Å². The van der Waals surface area contributed by atoms with E-state index in [-0.39, 0.29) is 24.0 Å². The van der Waals surface area contributed by atoms with E-state index in [1.165, 1.54) is 6.42 Å². The summed E-state index contributed by atoms with van der Waals surface area (Å²) in [6.45, 7) is 9.38. The molecule has 2 saturated carbocycles. The number of rotatable bonds is 6. The molecule has 0 aliphatic heterocycles. The van der Waals surface area contributed by atoms with Gasteiger partial charge in [-0.1, -0.05) is 33.6 Å². The minimum atomic E-state index is -0.599. The third-order valence-corrected chi connectivity index (χ3v) is 7.52. The molecule has 136 valence electrons. The molecule has 6 atom stereocenters. The second-order valence-electron chi connectivity index (χ2n) is 9.37. The molecule has 0 bridgehead atoms. The normalized spacial score (nSPS) is 45.5. The third kappa shape index (κ3) is 3.62. The lowest BCUT2D eigenvalue weighted by Gasteiger charge is -2.61. The van der Waals surface area contributed by atoms with Crippen LogP contribution in [0.15, 0.2) is 0 Å². The summed E-state index contributed by atoms with van der Waals surface area (Å²) in [6, 6.07) is 0. The van der Waals surface area contributed by atoms with Crippen LogP contribution in [0.5, 0.6) is 0 Å². The maximum atomic E-state index is 11.1. The lowest BCUT2D eigenvalue weighted by Crippen LogP contribution is -2.58. The van der Waals surface area contributed by atoms with Crippen LogP contribution in [-0.2, 0) is 0 Å². The second-order valence-corrected chi connectivity index (χ2v) is 9.37. The minimum absolute atomic E-state index is 0.0124. The SMILES string of the molecule is CC(CCO)CCC1C(C)(O)CCC2C(C)(CO)CCCC12C. The van der Waals surface area contributed by atoms with Crippen LogP contribution in [0.2, 0.25) is 0 Å². The summed E-state index contributed by atoms with van der Waals surface area (Å²) in [7, 11) is 0. The van der Waals surface area contributed by atoms with E-state index in [9.17, 15) is 10.2 Å². The van der Waals surface area contributed by atoms with Crippen molar-refractivity contribution in [2.45, 2.75) is 84.7 Å². The molecular weight excluding hydrogens is 288 g/mol. The number of aliphatic hydroxyl groups excluding tert-OH is 2. The van der Waals surface area contributed by atoms with Gasteiger partial charge in [-0.05, 0) is 74.0 Å². The fourth-order valence-electron chi connectivity index (χ4n) is 6.08. The van der Waals surface area contributed by atoms with Gasteiger partial charge in [0.2, 0.25) is 0 Å². The van der Waals surface area contributed by atoms with Crippen molar-refractivity contribution in [1.29, 1.82) is 0 Å². The molecular formula is C20H38O3. The largest absolute Gasteiger partial charge is 0.396 e. The van der Waals surface area contributed by atoms with Crippen LogP contribution < -0.4 is 0 Å². The Morgan fingerprint density at radius 3 is 2.35 bits per heavy atom. The van der Waals surface area contributed by atoms with Gasteiger partial charge in [0.15, 0.2) is 0 Å². The number of fused-ring (bicyclic) bond motifs is 1. The molecule has 0 amide bonds. The Balaban J connectivity index is 2.22. The molecule has 0 aromatic rings. The molecule has 2 fully saturated rings. The number of hydrogen-bond donors (Lipinski definition) is 3. The van der Waals surface area contributed by atoms with Crippen molar-refractivity contribution in [1.82, 2.24) is 0 Å². The quantitative estimate of drug-likeness (QED) is 0.696. The first-order valence-corrected chi connectivity index (χ1v) is 9.64. The van der Waals surface area contributed by atoms with Crippen LogP contribution in [0.1, 0.15) is 79.1 Å². The Labute approximate surface area is 142 Å². The first-order chi connectivity index (χ1) is 10.7. The van der Waals surface area contributed by atoms with E-state index >= 15 is 0 Å². The fourth-order valence-corrected chi connectivity index (χ4v) is 6.08. The number of hydrogen-bond acceptors (Lipinski definition) is 3. The summed E-state index contributed by atoms with van der Waals surface area (Å²) < 4.78 is 0. The lowest BCUT2D eigenvalue weighted by atomic mass is 9.45. The van der Waals surface area contributed by atoms with Gasteiger partial charge in [0.05, 0.1) is 5.60 Å². The fraction of sp³-hybridized carbons (Fsp3) is 1.00. The van der Waals surface area contributed by atoms with Crippen molar-refractivity contribution in [3.63, 3.8) is 0 Å². The summed E-state index contributed by atoms with van der Waals surface area (Å²) in [5, 5.41) is 30.3. The molecule has 2 aliphatic carbocycles. The van der Waals surface area contributed by atoms with Gasteiger partial charge in [-0.2, -0.15) is 0 Å². The van der Waals surface area contributed by atoms with Crippen molar-refractivity contribution >= 4 is 0 Å². The molecule has 0 heterocycles. The van der Waals surface area contributed by atoms with Crippen molar-refractivity contribution < 1.29 is 15.3 Å². The predicted octanol–water partition coefficient (Wildman–Crippen LogP) is 3.75. The van der Waals surface area contributed by atoms with E-state index < -0.39 is 5.60 Å². The molecule has 3 nitrogen and oxygen atoms in total. The lowest BCUT2D eigenvalue weighted by molar-refractivity contribution is -0.180. The zero-order chi connectivity index (χ0) is 17.3. The van der Waals surface area contributed by atoms with Crippen LogP contribution in [0, 0.1) is 28.6 Å². The molecule has 0 aromatic heterocycles. The second kappa shape index (κ2) is 7.01. The summed E-state index contributed by atoms with van der Waals surface area (Å²) in [4.78, 5) is 0. The van der Waals surface area contributed by atoms with Crippen LogP contribution in [0.3, 0.4) is 0 Å². The standard InChI is InChI=1S/C20H38O3/c1-15(9-13-21)6-7-17-19(3)11-5-10-18(2,14-22)16(19)8-12-20(17,4)23/h15-17,21-23H,5-14H2,1-4H3. The highest BCUT2D eigenvalue weighted by molar-refractivity contribution is 5.08. The smallest absolute Gasteiger partial charge is 0.0653 e. The van der Waals surface area contributed by atoms with Gasteiger partial charge in [-0.25, -0.2) is 0 Å².